The summed E-state index contributed by atoms with van der Waals surface area (Å²) in [5.41, 5.74) is 4.69. The number of nitrogens with zero attached hydrogens (tertiary/aromatic N) is 1. The van der Waals surface area contributed by atoms with Gasteiger partial charge in [0.2, 0.25) is 0 Å². The number of carbonyl (C=O) groups excluding carboxylic acids is 2. The molecule has 0 aliphatic carbocycles. The Labute approximate surface area is 253 Å². The van der Waals surface area contributed by atoms with Crippen molar-refractivity contribution in [2.24, 2.45) is 5.10 Å². The lowest BCUT2D eigenvalue weighted by Gasteiger charge is -2.11. The Kier molecular flexibility index (Phi) is 10.8. The van der Waals surface area contributed by atoms with Crippen molar-refractivity contribution in [3.63, 3.8) is 0 Å². The second-order valence-electron chi connectivity index (χ2n) is 8.73. The van der Waals surface area contributed by atoms with Crippen molar-refractivity contribution in [2.75, 3.05) is 13.2 Å². The predicted octanol–water partition coefficient (Wildman–Crippen LogP) is 7.35. The minimum Gasteiger partial charge on any atom is -0.494 e. The van der Waals surface area contributed by atoms with Crippen molar-refractivity contribution in [3.05, 3.63) is 117 Å². The molecule has 0 saturated carbocycles. The Morgan fingerprint density at radius 1 is 0.762 bits per heavy atom. The summed E-state index contributed by atoms with van der Waals surface area (Å²) in [5, 5.41) is 5.11. The zero-order valence-corrected chi connectivity index (χ0v) is 24.4. The van der Waals surface area contributed by atoms with Crippen LogP contribution < -0.4 is 24.4 Å². The van der Waals surface area contributed by atoms with Crippen LogP contribution in [0.15, 0.2) is 90.0 Å². The van der Waals surface area contributed by atoms with Gasteiger partial charge in [0.15, 0.2) is 11.5 Å². The molecule has 1 amide bonds. The number of halogens is 2. The molecule has 8 nitrogen and oxygen atoms in total. The molecule has 0 aliphatic rings. The average molecular weight is 607 g/mol. The number of benzene rings is 4. The summed E-state index contributed by atoms with van der Waals surface area (Å²) in [6, 6.07) is 23.5. The first kappa shape index (κ1) is 30.4. The monoisotopic (exact) mass is 606 g/mol. The molecule has 10 heteroatoms. The molecule has 216 valence electrons. The van der Waals surface area contributed by atoms with Crippen molar-refractivity contribution in [1.29, 1.82) is 0 Å². The van der Waals surface area contributed by atoms with Crippen LogP contribution in [0, 0.1) is 0 Å². The van der Waals surface area contributed by atoms with Crippen LogP contribution in [0.1, 0.15) is 45.7 Å². The summed E-state index contributed by atoms with van der Waals surface area (Å²) in [6.45, 7) is 4.86. The quantitative estimate of drug-likeness (QED) is 0.0783. The third kappa shape index (κ3) is 8.49. The number of hydrogen-bond acceptors (Lipinski definition) is 7. The Morgan fingerprint density at radius 2 is 1.43 bits per heavy atom. The van der Waals surface area contributed by atoms with E-state index in [0.717, 1.165) is 5.56 Å². The molecule has 0 unspecified atom stereocenters. The van der Waals surface area contributed by atoms with E-state index in [0.29, 0.717) is 57.2 Å². The van der Waals surface area contributed by atoms with E-state index in [2.05, 4.69) is 10.5 Å². The Hall–Kier alpha value is -4.53. The molecule has 1 N–H and O–H groups in total. The molecule has 0 saturated heterocycles. The molecule has 0 spiro atoms. The van der Waals surface area contributed by atoms with Gasteiger partial charge < -0.3 is 18.9 Å². The maximum absolute atomic E-state index is 12.6. The number of carbonyl (C=O) groups is 2. The highest BCUT2D eigenvalue weighted by molar-refractivity contribution is 6.35. The Balaban J connectivity index is 1.33. The van der Waals surface area contributed by atoms with E-state index in [-0.39, 0.29) is 12.4 Å². The second kappa shape index (κ2) is 14.9. The van der Waals surface area contributed by atoms with Crippen LogP contribution in [0.3, 0.4) is 0 Å². The molecule has 0 aromatic heterocycles. The molecule has 4 aromatic carbocycles. The van der Waals surface area contributed by atoms with E-state index in [1.807, 2.05) is 13.8 Å². The van der Waals surface area contributed by atoms with Crippen molar-refractivity contribution in [3.8, 4) is 23.0 Å². The highest BCUT2D eigenvalue weighted by Crippen LogP contribution is 2.29. The van der Waals surface area contributed by atoms with Crippen molar-refractivity contribution in [1.82, 2.24) is 5.43 Å². The summed E-state index contributed by atoms with van der Waals surface area (Å²) in [6.07, 6.45) is 1.46. The van der Waals surface area contributed by atoms with E-state index >= 15 is 0 Å². The molecular weight excluding hydrogens is 579 g/mol. The SMILES string of the molecule is CCOc1ccc(C(=O)Oc2ccc(/C=N\NC(=O)c3ccc(OCc4ccc(Cl)cc4Cl)cc3)cc2OCC)cc1. The third-order valence-electron chi connectivity index (χ3n) is 5.78. The van der Waals surface area contributed by atoms with Crippen LogP contribution in [-0.2, 0) is 6.61 Å². The van der Waals surface area contributed by atoms with Crippen LogP contribution in [-0.4, -0.2) is 31.3 Å². The molecule has 42 heavy (non-hydrogen) atoms. The normalized spacial score (nSPS) is 10.8. The first-order valence-corrected chi connectivity index (χ1v) is 13.8. The summed E-state index contributed by atoms with van der Waals surface area (Å²) < 4.78 is 22.4. The van der Waals surface area contributed by atoms with Crippen LogP contribution in [0.4, 0.5) is 0 Å². The molecular formula is C32H28Cl2N2O6. The van der Waals surface area contributed by atoms with Gasteiger partial charge in [-0.1, -0.05) is 29.3 Å². The number of nitrogens with one attached hydrogen (secondary N) is 1. The molecule has 0 heterocycles. The molecule has 0 radical (unpaired) electrons. The van der Waals surface area contributed by atoms with Gasteiger partial charge in [0.25, 0.3) is 5.91 Å². The topological polar surface area (TPSA) is 95.5 Å². The molecule has 0 aliphatic heterocycles. The molecule has 4 aromatic rings. The zero-order chi connectivity index (χ0) is 29.9. The van der Waals surface area contributed by atoms with Crippen LogP contribution in [0.25, 0.3) is 0 Å². The van der Waals surface area contributed by atoms with E-state index in [9.17, 15) is 9.59 Å². The van der Waals surface area contributed by atoms with Crippen molar-refractivity contribution in [2.45, 2.75) is 20.5 Å². The maximum atomic E-state index is 12.6. The second-order valence-corrected chi connectivity index (χ2v) is 9.58. The molecule has 4 rings (SSSR count). The van der Waals surface area contributed by atoms with Crippen molar-refractivity contribution < 1.29 is 28.5 Å². The minimum absolute atomic E-state index is 0.259. The molecule has 0 bridgehead atoms. The number of esters is 1. The van der Waals surface area contributed by atoms with E-state index in [4.69, 9.17) is 42.1 Å². The minimum atomic E-state index is -0.530. The number of ether oxygens (including phenoxy) is 4. The number of hydrogen-bond donors (Lipinski definition) is 1. The van der Waals surface area contributed by atoms with E-state index < -0.39 is 11.9 Å². The van der Waals surface area contributed by atoms with Gasteiger partial charge in [0.1, 0.15) is 18.1 Å². The zero-order valence-electron chi connectivity index (χ0n) is 22.9. The predicted molar refractivity (Wildman–Crippen MR) is 162 cm³/mol. The Bertz CT molecular complexity index is 1560. The van der Waals surface area contributed by atoms with E-state index in [1.54, 1.807) is 84.9 Å². The van der Waals surface area contributed by atoms with Gasteiger partial charge in [-0.25, -0.2) is 10.2 Å². The highest BCUT2D eigenvalue weighted by Gasteiger charge is 2.14. The smallest absolute Gasteiger partial charge is 0.343 e. The fraction of sp³-hybridized carbons (Fsp3) is 0.156. The lowest BCUT2D eigenvalue weighted by Crippen LogP contribution is -2.17. The lowest BCUT2D eigenvalue weighted by atomic mass is 10.2. The average Bonchev–Trinajstić information content (AvgIpc) is 2.99. The highest BCUT2D eigenvalue weighted by atomic mass is 35.5. The summed E-state index contributed by atoms with van der Waals surface area (Å²) in [4.78, 5) is 25.2. The Morgan fingerprint density at radius 3 is 2.10 bits per heavy atom. The first-order valence-electron chi connectivity index (χ1n) is 13.1. The lowest BCUT2D eigenvalue weighted by molar-refractivity contribution is 0.0728. The van der Waals surface area contributed by atoms with Crippen LogP contribution in [0.5, 0.6) is 23.0 Å². The fourth-order valence-electron chi connectivity index (χ4n) is 3.70. The standard InChI is InChI=1S/C32H28Cl2N2O6/c1-3-39-26-14-9-23(10-15-26)32(38)42-29-16-5-21(17-30(29)40-4-2)19-35-36-31(37)22-7-12-27(13-8-22)41-20-24-6-11-25(33)18-28(24)34/h5-19H,3-4,20H2,1-2H3,(H,36,37)/b35-19-. The first-order chi connectivity index (χ1) is 20.4. The van der Waals surface area contributed by atoms with Gasteiger partial charge >= 0.3 is 5.97 Å². The van der Waals surface area contributed by atoms with Crippen LogP contribution >= 0.6 is 23.2 Å². The van der Waals surface area contributed by atoms with Gasteiger partial charge in [-0.15, -0.1) is 0 Å². The maximum Gasteiger partial charge on any atom is 0.343 e. The number of rotatable bonds is 12. The van der Waals surface area contributed by atoms with E-state index in [1.165, 1.54) is 6.21 Å². The van der Waals surface area contributed by atoms with Gasteiger partial charge in [-0.2, -0.15) is 5.10 Å². The van der Waals surface area contributed by atoms with Crippen LogP contribution in [0.2, 0.25) is 10.0 Å². The molecule has 0 atom stereocenters. The third-order valence-corrected chi connectivity index (χ3v) is 6.36. The van der Waals surface area contributed by atoms with Crippen molar-refractivity contribution >= 4 is 41.3 Å². The number of amides is 1. The largest absolute Gasteiger partial charge is 0.494 e. The van der Waals surface area contributed by atoms with Gasteiger partial charge in [-0.05, 0) is 98.3 Å². The molecule has 0 fully saturated rings. The summed E-state index contributed by atoms with van der Waals surface area (Å²) in [7, 11) is 0. The summed E-state index contributed by atoms with van der Waals surface area (Å²) >= 11 is 12.1. The fourth-order valence-corrected chi connectivity index (χ4v) is 4.17. The van der Waals surface area contributed by atoms with Gasteiger partial charge in [-0.3, -0.25) is 4.79 Å². The number of hydrazone groups is 1. The van der Waals surface area contributed by atoms with Gasteiger partial charge in [0.05, 0.1) is 25.0 Å². The summed E-state index contributed by atoms with van der Waals surface area (Å²) in [5.74, 6) is 0.942. The van der Waals surface area contributed by atoms with Gasteiger partial charge in [0, 0.05) is 21.2 Å².